The molecule has 1 amide bonds. The Bertz CT molecular complexity index is 1020. The summed E-state index contributed by atoms with van der Waals surface area (Å²) in [5.74, 6) is 0.156. The van der Waals surface area contributed by atoms with Crippen LogP contribution in [0.5, 0.6) is 0 Å². The van der Waals surface area contributed by atoms with Crippen LogP contribution in [0, 0.1) is 6.92 Å². The quantitative estimate of drug-likeness (QED) is 0.538. The van der Waals surface area contributed by atoms with E-state index in [-0.39, 0.29) is 16.9 Å². The van der Waals surface area contributed by atoms with Crippen molar-refractivity contribution in [2.45, 2.75) is 51.5 Å². The van der Waals surface area contributed by atoms with Gasteiger partial charge in [0.15, 0.2) is 0 Å². The number of hydrogen-bond donors (Lipinski definition) is 0. The van der Waals surface area contributed by atoms with E-state index in [0.717, 1.165) is 17.7 Å². The van der Waals surface area contributed by atoms with Crippen LogP contribution < -0.4 is 4.90 Å². The summed E-state index contributed by atoms with van der Waals surface area (Å²) >= 11 is 0. The summed E-state index contributed by atoms with van der Waals surface area (Å²) in [4.78, 5) is 15.6. The summed E-state index contributed by atoms with van der Waals surface area (Å²) in [6, 6.07) is 27.3. The highest BCUT2D eigenvalue weighted by atomic mass is 16.2. The van der Waals surface area contributed by atoms with Crippen molar-refractivity contribution in [2.24, 2.45) is 0 Å². The SMILES string of the molecule is Cc1ccc2c(c1)N(C(=O)Cc1ccccc1)C(C)(C)CC2(C)c1ccccc1. The molecule has 0 aromatic heterocycles. The third kappa shape index (κ3) is 3.48. The molecule has 4 rings (SSSR count). The summed E-state index contributed by atoms with van der Waals surface area (Å²) in [5.41, 5.74) is 5.37. The fourth-order valence-corrected chi connectivity index (χ4v) is 5.04. The molecule has 0 saturated heterocycles. The molecule has 0 spiro atoms. The zero-order chi connectivity index (χ0) is 20.6. The minimum atomic E-state index is -0.294. The summed E-state index contributed by atoms with van der Waals surface area (Å²) in [6.07, 6.45) is 1.29. The maximum Gasteiger partial charge on any atom is 0.231 e. The van der Waals surface area contributed by atoms with E-state index in [1.54, 1.807) is 0 Å². The molecule has 2 heteroatoms. The number of fused-ring (bicyclic) bond motifs is 1. The van der Waals surface area contributed by atoms with Crippen molar-refractivity contribution in [3.63, 3.8) is 0 Å². The van der Waals surface area contributed by atoms with Crippen molar-refractivity contribution in [3.8, 4) is 0 Å². The van der Waals surface area contributed by atoms with Crippen LogP contribution in [0.25, 0.3) is 0 Å². The Hall–Kier alpha value is -2.87. The lowest BCUT2D eigenvalue weighted by atomic mass is 9.65. The van der Waals surface area contributed by atoms with E-state index < -0.39 is 0 Å². The van der Waals surface area contributed by atoms with E-state index in [0.29, 0.717) is 6.42 Å². The van der Waals surface area contributed by atoms with Gasteiger partial charge in [0.25, 0.3) is 0 Å². The largest absolute Gasteiger partial charge is 0.306 e. The number of rotatable bonds is 3. The number of aryl methyl sites for hydroxylation is 1. The van der Waals surface area contributed by atoms with Gasteiger partial charge >= 0.3 is 0 Å². The molecule has 1 atom stereocenters. The number of nitrogens with zero attached hydrogens (tertiary/aromatic N) is 1. The Labute approximate surface area is 174 Å². The van der Waals surface area contributed by atoms with E-state index >= 15 is 0 Å². The van der Waals surface area contributed by atoms with E-state index in [2.05, 4.69) is 76.2 Å². The lowest BCUT2D eigenvalue weighted by molar-refractivity contribution is -0.119. The van der Waals surface area contributed by atoms with Crippen LogP contribution in [0.1, 0.15) is 49.4 Å². The van der Waals surface area contributed by atoms with Gasteiger partial charge in [-0.1, -0.05) is 79.7 Å². The molecule has 1 heterocycles. The second-order valence-corrected chi connectivity index (χ2v) is 9.10. The molecule has 2 nitrogen and oxygen atoms in total. The van der Waals surface area contributed by atoms with Crippen LogP contribution in [-0.4, -0.2) is 11.4 Å². The lowest BCUT2D eigenvalue weighted by Gasteiger charge is -2.51. The van der Waals surface area contributed by atoms with E-state index in [1.165, 1.54) is 16.7 Å². The van der Waals surface area contributed by atoms with Crippen molar-refractivity contribution in [3.05, 3.63) is 101 Å². The van der Waals surface area contributed by atoms with Crippen molar-refractivity contribution >= 4 is 11.6 Å². The third-order valence-corrected chi connectivity index (χ3v) is 6.24. The fraction of sp³-hybridized carbons (Fsp3) is 0.296. The van der Waals surface area contributed by atoms with Gasteiger partial charge in [-0.15, -0.1) is 0 Å². The molecule has 29 heavy (non-hydrogen) atoms. The number of carbonyl (C=O) groups is 1. The minimum absolute atomic E-state index is 0.142. The van der Waals surface area contributed by atoms with Crippen LogP contribution in [0.2, 0.25) is 0 Å². The molecule has 3 aromatic carbocycles. The molecule has 1 aliphatic rings. The Morgan fingerprint density at radius 3 is 2.17 bits per heavy atom. The zero-order valence-corrected chi connectivity index (χ0v) is 17.8. The van der Waals surface area contributed by atoms with E-state index in [9.17, 15) is 4.79 Å². The van der Waals surface area contributed by atoms with Gasteiger partial charge in [0.2, 0.25) is 5.91 Å². The van der Waals surface area contributed by atoms with Gasteiger partial charge in [-0.3, -0.25) is 4.79 Å². The summed E-state index contributed by atoms with van der Waals surface area (Å²) in [6.45, 7) is 8.81. The Kier molecular flexibility index (Phi) is 4.82. The van der Waals surface area contributed by atoms with Crippen molar-refractivity contribution in [1.82, 2.24) is 0 Å². The Balaban J connectivity index is 1.84. The molecule has 0 radical (unpaired) electrons. The average Bonchev–Trinajstić information content (AvgIpc) is 2.68. The first-order chi connectivity index (χ1) is 13.8. The zero-order valence-electron chi connectivity index (χ0n) is 17.8. The first-order valence-corrected chi connectivity index (χ1v) is 10.3. The Morgan fingerprint density at radius 1 is 0.897 bits per heavy atom. The van der Waals surface area contributed by atoms with E-state index in [1.807, 2.05) is 35.2 Å². The smallest absolute Gasteiger partial charge is 0.231 e. The van der Waals surface area contributed by atoms with Gasteiger partial charge in [-0.25, -0.2) is 0 Å². The number of benzene rings is 3. The highest BCUT2D eigenvalue weighted by molar-refractivity contribution is 5.98. The highest BCUT2D eigenvalue weighted by Crippen LogP contribution is 2.50. The van der Waals surface area contributed by atoms with Gasteiger partial charge in [-0.2, -0.15) is 0 Å². The summed E-state index contributed by atoms with van der Waals surface area (Å²) in [7, 11) is 0. The minimum Gasteiger partial charge on any atom is -0.306 e. The molecule has 148 valence electrons. The van der Waals surface area contributed by atoms with Crippen molar-refractivity contribution in [1.29, 1.82) is 0 Å². The van der Waals surface area contributed by atoms with Crippen molar-refractivity contribution < 1.29 is 4.79 Å². The summed E-state index contributed by atoms with van der Waals surface area (Å²) in [5, 5.41) is 0. The van der Waals surface area contributed by atoms with Crippen LogP contribution in [0.15, 0.2) is 78.9 Å². The molecule has 0 saturated carbocycles. The number of amides is 1. The average molecular weight is 384 g/mol. The number of hydrogen-bond acceptors (Lipinski definition) is 1. The number of anilines is 1. The van der Waals surface area contributed by atoms with Crippen molar-refractivity contribution in [2.75, 3.05) is 4.90 Å². The second kappa shape index (κ2) is 7.18. The maximum atomic E-state index is 13.5. The van der Waals surface area contributed by atoms with Crippen LogP contribution in [-0.2, 0) is 16.6 Å². The molecule has 0 N–H and O–H groups in total. The molecule has 1 unspecified atom stereocenters. The lowest BCUT2D eigenvalue weighted by Crippen LogP contribution is -2.56. The topological polar surface area (TPSA) is 20.3 Å². The monoisotopic (exact) mass is 383 g/mol. The van der Waals surface area contributed by atoms with Crippen LogP contribution in [0.3, 0.4) is 0 Å². The highest BCUT2D eigenvalue weighted by Gasteiger charge is 2.47. The molecule has 0 bridgehead atoms. The molecule has 1 aliphatic heterocycles. The normalized spacial score (nSPS) is 20.2. The van der Waals surface area contributed by atoms with Gasteiger partial charge in [0.05, 0.1) is 6.42 Å². The van der Waals surface area contributed by atoms with Crippen LogP contribution >= 0.6 is 0 Å². The Morgan fingerprint density at radius 2 is 1.52 bits per heavy atom. The standard InChI is InChI=1S/C27H29NO/c1-20-15-16-23-24(17-20)28(25(29)18-21-11-7-5-8-12-21)26(2,3)19-27(23,4)22-13-9-6-10-14-22/h5-17H,18-19H2,1-4H3. The molecule has 3 aromatic rings. The van der Waals surface area contributed by atoms with Gasteiger partial charge in [0.1, 0.15) is 0 Å². The molecular weight excluding hydrogens is 354 g/mol. The number of carbonyl (C=O) groups excluding carboxylic acids is 1. The van der Waals surface area contributed by atoms with Crippen LogP contribution in [0.4, 0.5) is 5.69 Å². The predicted octanol–water partition coefficient (Wildman–Crippen LogP) is 6.06. The third-order valence-electron chi connectivity index (χ3n) is 6.24. The predicted molar refractivity (Wildman–Crippen MR) is 120 cm³/mol. The molecular formula is C27H29NO. The molecule has 0 aliphatic carbocycles. The van der Waals surface area contributed by atoms with E-state index in [4.69, 9.17) is 0 Å². The van der Waals surface area contributed by atoms with Gasteiger partial charge < -0.3 is 4.90 Å². The van der Waals surface area contributed by atoms with Gasteiger partial charge in [0, 0.05) is 16.6 Å². The molecule has 0 fully saturated rings. The van der Waals surface area contributed by atoms with Gasteiger partial charge in [-0.05, 0) is 55.5 Å². The second-order valence-electron chi connectivity index (χ2n) is 9.10. The summed E-state index contributed by atoms with van der Waals surface area (Å²) < 4.78 is 0. The maximum absolute atomic E-state index is 13.5. The first kappa shape index (κ1) is 19.4. The fourth-order valence-electron chi connectivity index (χ4n) is 5.04. The first-order valence-electron chi connectivity index (χ1n) is 10.3.